The van der Waals surface area contributed by atoms with Crippen LogP contribution in [0.5, 0.6) is 11.5 Å². The van der Waals surface area contributed by atoms with Gasteiger partial charge >= 0.3 is 0 Å². The van der Waals surface area contributed by atoms with E-state index in [0.717, 1.165) is 55.1 Å². The molecule has 2 N–H and O–H groups in total. The Bertz CT molecular complexity index is 879. The lowest BCUT2D eigenvalue weighted by Crippen LogP contribution is -2.31. The maximum absolute atomic E-state index is 11.9. The molecule has 8 nitrogen and oxygen atoms in total. The number of benzene rings is 1. The summed E-state index contributed by atoms with van der Waals surface area (Å²) >= 11 is 0. The van der Waals surface area contributed by atoms with E-state index >= 15 is 0 Å². The SMILES string of the molecule is O=C(Nc1cnn([C@H]2C[C@@H](CO)N(Cc3ccc4c(c3)OCO4)C2)c1)C1CC1. The van der Waals surface area contributed by atoms with Crippen molar-refractivity contribution in [1.29, 1.82) is 0 Å². The molecule has 1 saturated heterocycles. The predicted octanol–water partition coefficient (Wildman–Crippen LogP) is 1.77. The van der Waals surface area contributed by atoms with E-state index in [1.165, 1.54) is 0 Å². The monoisotopic (exact) mass is 384 g/mol. The lowest BCUT2D eigenvalue weighted by molar-refractivity contribution is -0.117. The van der Waals surface area contributed by atoms with Crippen LogP contribution in [0, 0.1) is 5.92 Å². The molecule has 28 heavy (non-hydrogen) atoms. The number of anilines is 1. The van der Waals surface area contributed by atoms with Crippen LogP contribution < -0.4 is 14.8 Å². The summed E-state index contributed by atoms with van der Waals surface area (Å²) in [6.45, 7) is 1.89. The van der Waals surface area contributed by atoms with Crippen molar-refractivity contribution in [2.24, 2.45) is 5.92 Å². The molecule has 1 aromatic carbocycles. The Morgan fingerprint density at radius 3 is 2.96 bits per heavy atom. The third-order valence-corrected chi connectivity index (χ3v) is 5.73. The van der Waals surface area contributed by atoms with Gasteiger partial charge in [-0.1, -0.05) is 6.07 Å². The maximum Gasteiger partial charge on any atom is 0.231 e. The van der Waals surface area contributed by atoms with Crippen LogP contribution in [-0.2, 0) is 11.3 Å². The number of amides is 1. The number of nitrogens with zero attached hydrogens (tertiary/aromatic N) is 3. The zero-order valence-corrected chi connectivity index (χ0v) is 15.6. The Morgan fingerprint density at radius 2 is 2.14 bits per heavy atom. The lowest BCUT2D eigenvalue weighted by Gasteiger charge is -2.22. The molecule has 0 spiro atoms. The van der Waals surface area contributed by atoms with Crippen molar-refractivity contribution in [3.63, 3.8) is 0 Å². The summed E-state index contributed by atoms with van der Waals surface area (Å²) in [6.07, 6.45) is 6.38. The van der Waals surface area contributed by atoms with Gasteiger partial charge in [0, 0.05) is 31.2 Å². The quantitative estimate of drug-likeness (QED) is 0.789. The molecule has 2 aliphatic heterocycles. The highest BCUT2D eigenvalue weighted by Crippen LogP contribution is 2.35. The summed E-state index contributed by atoms with van der Waals surface area (Å²) in [4.78, 5) is 14.2. The molecular formula is C20H24N4O4. The highest BCUT2D eigenvalue weighted by atomic mass is 16.7. The van der Waals surface area contributed by atoms with Crippen LogP contribution in [0.3, 0.4) is 0 Å². The Hall–Kier alpha value is -2.58. The average Bonchev–Trinajstić information content (AvgIpc) is 3.10. The van der Waals surface area contributed by atoms with Gasteiger partial charge in [-0.2, -0.15) is 5.10 Å². The highest BCUT2D eigenvalue weighted by molar-refractivity contribution is 5.93. The zero-order chi connectivity index (χ0) is 19.1. The van der Waals surface area contributed by atoms with Gasteiger partial charge in [0.05, 0.1) is 24.5 Å². The topological polar surface area (TPSA) is 88.9 Å². The number of carbonyl (C=O) groups excluding carboxylic acids is 1. The summed E-state index contributed by atoms with van der Waals surface area (Å²) in [7, 11) is 0. The van der Waals surface area contributed by atoms with Crippen LogP contribution in [0.25, 0.3) is 0 Å². The molecule has 1 amide bonds. The minimum Gasteiger partial charge on any atom is -0.454 e. The fraction of sp³-hybridized carbons (Fsp3) is 0.500. The minimum absolute atomic E-state index is 0.0733. The first-order valence-electron chi connectivity index (χ1n) is 9.78. The van der Waals surface area contributed by atoms with E-state index in [-0.39, 0.29) is 37.3 Å². The van der Waals surface area contributed by atoms with Gasteiger partial charge in [0.2, 0.25) is 12.7 Å². The van der Waals surface area contributed by atoms with Crippen LogP contribution in [0.15, 0.2) is 30.6 Å². The van der Waals surface area contributed by atoms with Crippen molar-refractivity contribution in [3.8, 4) is 11.5 Å². The number of fused-ring (bicyclic) bond motifs is 1. The summed E-state index contributed by atoms with van der Waals surface area (Å²) < 4.78 is 12.7. The number of aliphatic hydroxyl groups excluding tert-OH is 1. The largest absolute Gasteiger partial charge is 0.454 e. The molecule has 5 rings (SSSR count). The van der Waals surface area contributed by atoms with E-state index in [2.05, 4.69) is 15.3 Å². The van der Waals surface area contributed by atoms with Gasteiger partial charge in [-0.05, 0) is 37.0 Å². The second-order valence-electron chi connectivity index (χ2n) is 7.82. The summed E-state index contributed by atoms with van der Waals surface area (Å²) in [5.74, 6) is 1.81. The van der Waals surface area contributed by atoms with Crippen molar-refractivity contribution >= 4 is 11.6 Å². The Labute approximate surface area is 163 Å². The van der Waals surface area contributed by atoms with E-state index in [1.807, 2.05) is 29.1 Å². The van der Waals surface area contributed by atoms with Crippen LogP contribution in [0.1, 0.15) is 30.9 Å². The number of carbonyl (C=O) groups is 1. The Balaban J connectivity index is 1.25. The summed E-state index contributed by atoms with van der Waals surface area (Å²) in [6, 6.07) is 6.21. The third-order valence-electron chi connectivity index (χ3n) is 5.73. The lowest BCUT2D eigenvalue weighted by atomic mass is 10.1. The highest BCUT2D eigenvalue weighted by Gasteiger charge is 2.34. The van der Waals surface area contributed by atoms with Crippen LogP contribution in [0.4, 0.5) is 5.69 Å². The van der Waals surface area contributed by atoms with Gasteiger partial charge in [0.25, 0.3) is 0 Å². The van der Waals surface area contributed by atoms with Gasteiger partial charge in [0.1, 0.15) is 0 Å². The molecule has 2 atom stereocenters. The van der Waals surface area contributed by atoms with E-state index < -0.39 is 0 Å². The standard InChI is InChI=1S/C20H24N4O4/c25-11-17-6-16(24-9-15(7-21-24)22-20(26)14-2-3-14)10-23(17)8-13-1-4-18-19(5-13)28-12-27-18/h1,4-5,7,9,14,16-17,25H,2-3,6,8,10-12H2,(H,22,26)/t16-,17-/m0/s1. The molecule has 0 unspecified atom stereocenters. The van der Waals surface area contributed by atoms with Gasteiger partial charge in [0.15, 0.2) is 11.5 Å². The van der Waals surface area contributed by atoms with Gasteiger partial charge in [-0.3, -0.25) is 14.4 Å². The normalized spacial score (nSPS) is 23.9. The first-order valence-corrected chi connectivity index (χ1v) is 9.78. The number of hydrogen-bond donors (Lipinski definition) is 2. The minimum atomic E-state index is 0.0733. The molecule has 3 aliphatic rings. The van der Waals surface area contributed by atoms with E-state index in [9.17, 15) is 9.90 Å². The number of hydrogen-bond acceptors (Lipinski definition) is 6. The smallest absolute Gasteiger partial charge is 0.231 e. The van der Waals surface area contributed by atoms with Gasteiger partial charge in [-0.25, -0.2) is 0 Å². The van der Waals surface area contributed by atoms with E-state index in [1.54, 1.807) is 6.20 Å². The van der Waals surface area contributed by atoms with Crippen molar-refractivity contribution in [1.82, 2.24) is 14.7 Å². The number of aromatic nitrogens is 2. The van der Waals surface area contributed by atoms with Crippen molar-refractivity contribution in [2.75, 3.05) is 25.3 Å². The molecule has 1 saturated carbocycles. The van der Waals surface area contributed by atoms with Crippen molar-refractivity contribution in [2.45, 2.75) is 37.9 Å². The Morgan fingerprint density at radius 1 is 1.29 bits per heavy atom. The fourth-order valence-corrected chi connectivity index (χ4v) is 4.00. The number of aliphatic hydroxyl groups is 1. The summed E-state index contributed by atoms with van der Waals surface area (Å²) in [5, 5.41) is 17.2. The average molecular weight is 384 g/mol. The van der Waals surface area contributed by atoms with Crippen LogP contribution in [0.2, 0.25) is 0 Å². The number of nitrogens with one attached hydrogen (secondary N) is 1. The summed E-state index contributed by atoms with van der Waals surface area (Å²) in [5.41, 5.74) is 1.87. The second kappa shape index (κ2) is 7.10. The fourth-order valence-electron chi connectivity index (χ4n) is 4.00. The van der Waals surface area contributed by atoms with E-state index in [4.69, 9.17) is 9.47 Å². The predicted molar refractivity (Wildman–Crippen MR) is 101 cm³/mol. The first kappa shape index (κ1) is 17.5. The molecule has 8 heteroatoms. The van der Waals surface area contributed by atoms with Gasteiger partial charge in [-0.15, -0.1) is 0 Å². The Kier molecular flexibility index (Phi) is 4.44. The maximum atomic E-state index is 11.9. The molecular weight excluding hydrogens is 360 g/mol. The number of likely N-dealkylation sites (tertiary alicyclic amines) is 1. The third kappa shape index (κ3) is 3.45. The van der Waals surface area contributed by atoms with Crippen LogP contribution >= 0.6 is 0 Å². The number of ether oxygens (including phenoxy) is 2. The molecule has 3 heterocycles. The molecule has 2 fully saturated rings. The molecule has 148 valence electrons. The second-order valence-corrected chi connectivity index (χ2v) is 7.82. The molecule has 1 aliphatic carbocycles. The van der Waals surface area contributed by atoms with Crippen molar-refractivity contribution in [3.05, 3.63) is 36.2 Å². The molecule has 1 aromatic heterocycles. The number of rotatable bonds is 6. The van der Waals surface area contributed by atoms with Crippen molar-refractivity contribution < 1.29 is 19.4 Å². The van der Waals surface area contributed by atoms with E-state index in [0.29, 0.717) is 0 Å². The molecule has 2 aromatic rings. The van der Waals surface area contributed by atoms with Crippen LogP contribution in [-0.4, -0.2) is 51.7 Å². The zero-order valence-electron chi connectivity index (χ0n) is 15.6. The molecule has 0 radical (unpaired) electrons. The van der Waals surface area contributed by atoms with Gasteiger partial charge < -0.3 is 19.9 Å². The first-order chi connectivity index (χ1) is 13.7. The molecule has 0 bridgehead atoms.